The van der Waals surface area contributed by atoms with E-state index >= 15 is 0 Å². The Hall–Kier alpha value is -2.46. The zero-order valence-corrected chi connectivity index (χ0v) is 9.76. The van der Waals surface area contributed by atoms with Crippen molar-refractivity contribution in [2.24, 2.45) is 4.99 Å². The average molecular weight is 251 g/mol. The summed E-state index contributed by atoms with van der Waals surface area (Å²) >= 11 is 0. The molecule has 0 N–H and O–H groups in total. The third-order valence-corrected chi connectivity index (χ3v) is 1.91. The molecule has 0 aliphatic carbocycles. The molecule has 0 aromatic carbocycles. The average Bonchev–Trinajstić information content (AvgIpc) is 2.41. The number of isocyanates is 1. The monoisotopic (exact) mass is 251 g/mol. The van der Waals surface area contributed by atoms with Crippen LogP contribution in [-0.2, 0) is 23.9 Å². The molecule has 0 aliphatic heterocycles. The van der Waals surface area contributed by atoms with Crippen molar-refractivity contribution in [2.45, 2.75) is 5.54 Å². The molecule has 0 heterocycles. The van der Waals surface area contributed by atoms with Crippen LogP contribution in [0.1, 0.15) is 0 Å². The summed E-state index contributed by atoms with van der Waals surface area (Å²) in [5.41, 5.74) is -1.36. The van der Waals surface area contributed by atoms with Gasteiger partial charge in [-0.15, -0.1) is 6.58 Å². The molecule has 18 heavy (non-hydrogen) atoms. The number of carbonyl (C=O) groups is 2. The fraction of sp³-hybridized carbons (Fsp3) is 0.250. The Labute approximate surface area is 104 Å². The molecule has 0 saturated carbocycles. The Kier molecular flexibility index (Phi) is 6.70. The normalized spacial score (nSPS) is 9.56. The highest BCUT2D eigenvalue weighted by molar-refractivity contribution is 5.81. The maximum absolute atomic E-state index is 10.9. The molecule has 0 rings (SSSR count). The number of esters is 2. The molecule has 0 radical (unpaired) electrons. The van der Waals surface area contributed by atoms with Crippen LogP contribution in [0.3, 0.4) is 0 Å². The zero-order valence-electron chi connectivity index (χ0n) is 9.76. The molecule has 0 atom stereocenters. The van der Waals surface area contributed by atoms with Gasteiger partial charge in [0.05, 0.1) is 0 Å². The number of hydrogen-bond donors (Lipinski definition) is 0. The third kappa shape index (κ3) is 5.05. The van der Waals surface area contributed by atoms with E-state index in [9.17, 15) is 14.4 Å². The molecule has 96 valence electrons. The zero-order chi connectivity index (χ0) is 14.0. The van der Waals surface area contributed by atoms with Gasteiger partial charge in [-0.1, -0.05) is 19.2 Å². The number of rotatable bonds is 8. The predicted octanol–water partition coefficient (Wildman–Crippen LogP) is 0.705. The van der Waals surface area contributed by atoms with E-state index in [0.717, 1.165) is 12.2 Å². The van der Waals surface area contributed by atoms with Crippen LogP contribution in [0.2, 0.25) is 0 Å². The van der Waals surface area contributed by atoms with Crippen LogP contribution >= 0.6 is 0 Å². The molecular formula is C12H13NO5. The van der Waals surface area contributed by atoms with Gasteiger partial charge in [-0.2, -0.15) is 4.99 Å². The molecule has 0 spiro atoms. The quantitative estimate of drug-likeness (QED) is 0.208. The van der Waals surface area contributed by atoms with Gasteiger partial charge in [0.25, 0.3) is 0 Å². The fourth-order valence-corrected chi connectivity index (χ4v) is 0.871. The summed E-state index contributed by atoms with van der Waals surface area (Å²) in [6.45, 7) is 9.24. The van der Waals surface area contributed by atoms with Gasteiger partial charge < -0.3 is 9.47 Å². The second-order valence-corrected chi connectivity index (χ2v) is 3.13. The van der Waals surface area contributed by atoms with Crippen molar-refractivity contribution in [3.05, 3.63) is 38.0 Å². The highest BCUT2D eigenvalue weighted by Gasteiger charge is 2.30. The first kappa shape index (κ1) is 15.5. The van der Waals surface area contributed by atoms with Crippen LogP contribution in [0.4, 0.5) is 0 Å². The second kappa shape index (κ2) is 7.76. The molecule has 0 fully saturated rings. The summed E-state index contributed by atoms with van der Waals surface area (Å²) in [4.78, 5) is 35.7. The maximum Gasteiger partial charge on any atom is 0.330 e. The summed E-state index contributed by atoms with van der Waals surface area (Å²) in [6, 6.07) is 0. The molecule has 0 amide bonds. The van der Waals surface area contributed by atoms with Crippen molar-refractivity contribution < 1.29 is 23.9 Å². The van der Waals surface area contributed by atoms with Gasteiger partial charge in [-0.3, -0.25) is 0 Å². The van der Waals surface area contributed by atoms with Crippen LogP contribution < -0.4 is 0 Å². The number of carbonyl (C=O) groups excluding carboxylic acids is 3. The van der Waals surface area contributed by atoms with Gasteiger partial charge in [-0.25, -0.2) is 14.4 Å². The van der Waals surface area contributed by atoms with Gasteiger partial charge in [-0.05, 0) is 0 Å². The first-order valence-corrected chi connectivity index (χ1v) is 4.84. The molecule has 0 bridgehead atoms. The summed E-state index contributed by atoms with van der Waals surface area (Å²) in [7, 11) is 0. The Morgan fingerprint density at radius 1 is 1.11 bits per heavy atom. The standard InChI is InChI=1S/C12H13NO5/c1-4-10(15)17-7-12(6-3,13-9-14)8-18-11(16)5-2/h4-6H,1-3,7-8H2. The van der Waals surface area contributed by atoms with Crippen LogP contribution in [0.25, 0.3) is 0 Å². The Morgan fingerprint density at radius 3 is 1.83 bits per heavy atom. The highest BCUT2D eigenvalue weighted by Crippen LogP contribution is 2.14. The Morgan fingerprint density at radius 2 is 1.56 bits per heavy atom. The molecule has 6 heteroatoms. The van der Waals surface area contributed by atoms with E-state index in [4.69, 9.17) is 9.47 Å². The van der Waals surface area contributed by atoms with Crippen molar-refractivity contribution in [3.63, 3.8) is 0 Å². The fourth-order valence-electron chi connectivity index (χ4n) is 0.871. The lowest BCUT2D eigenvalue weighted by Crippen LogP contribution is -2.37. The first-order valence-electron chi connectivity index (χ1n) is 4.84. The van der Waals surface area contributed by atoms with Gasteiger partial charge in [0.2, 0.25) is 6.08 Å². The number of nitrogens with zero attached hydrogens (tertiary/aromatic N) is 1. The lowest BCUT2D eigenvalue weighted by atomic mass is 10.0. The second-order valence-electron chi connectivity index (χ2n) is 3.13. The molecule has 0 aromatic heterocycles. The predicted molar refractivity (Wildman–Crippen MR) is 63.4 cm³/mol. The van der Waals surface area contributed by atoms with Gasteiger partial charge in [0.15, 0.2) is 5.54 Å². The lowest BCUT2D eigenvalue weighted by Gasteiger charge is -2.22. The van der Waals surface area contributed by atoms with Crippen LogP contribution in [0.15, 0.2) is 43.0 Å². The van der Waals surface area contributed by atoms with Crippen molar-refractivity contribution in [1.82, 2.24) is 0 Å². The lowest BCUT2D eigenvalue weighted by molar-refractivity contribution is -0.142. The third-order valence-electron chi connectivity index (χ3n) is 1.91. The van der Waals surface area contributed by atoms with Crippen molar-refractivity contribution in [3.8, 4) is 0 Å². The van der Waals surface area contributed by atoms with Crippen LogP contribution in [-0.4, -0.2) is 36.8 Å². The van der Waals surface area contributed by atoms with E-state index in [1.165, 1.54) is 12.2 Å². The Balaban J connectivity index is 4.80. The maximum atomic E-state index is 10.9. The van der Waals surface area contributed by atoms with E-state index < -0.39 is 17.5 Å². The summed E-state index contributed by atoms with van der Waals surface area (Å²) in [5.74, 6) is -1.39. The molecule has 6 nitrogen and oxygen atoms in total. The van der Waals surface area contributed by atoms with E-state index in [1.54, 1.807) is 0 Å². The molecule has 0 aromatic rings. The number of hydrogen-bond acceptors (Lipinski definition) is 6. The first-order chi connectivity index (χ1) is 8.53. The van der Waals surface area contributed by atoms with Crippen molar-refractivity contribution >= 4 is 18.0 Å². The topological polar surface area (TPSA) is 82.0 Å². The van der Waals surface area contributed by atoms with Crippen LogP contribution in [0, 0.1) is 0 Å². The largest absolute Gasteiger partial charge is 0.459 e. The van der Waals surface area contributed by atoms with E-state index in [2.05, 4.69) is 24.7 Å². The smallest absolute Gasteiger partial charge is 0.330 e. The van der Waals surface area contributed by atoms with E-state index in [0.29, 0.717) is 0 Å². The van der Waals surface area contributed by atoms with Crippen LogP contribution in [0.5, 0.6) is 0 Å². The minimum absolute atomic E-state index is 0.318. The molecule has 0 saturated heterocycles. The SMILES string of the molecule is C=CC(=O)OCC(C=C)(COC(=O)C=C)N=C=O. The van der Waals surface area contributed by atoms with Gasteiger partial charge in [0, 0.05) is 12.2 Å². The molecule has 0 unspecified atom stereocenters. The highest BCUT2D eigenvalue weighted by atomic mass is 16.5. The summed E-state index contributed by atoms with van der Waals surface area (Å²) in [5, 5.41) is 0. The van der Waals surface area contributed by atoms with Gasteiger partial charge >= 0.3 is 11.9 Å². The summed E-state index contributed by atoms with van der Waals surface area (Å²) in [6.07, 6.45) is 4.44. The van der Waals surface area contributed by atoms with Crippen molar-refractivity contribution in [2.75, 3.05) is 13.2 Å². The Bertz CT molecular complexity index is 383. The van der Waals surface area contributed by atoms with Gasteiger partial charge in [0.1, 0.15) is 13.2 Å². The van der Waals surface area contributed by atoms with E-state index in [-0.39, 0.29) is 13.2 Å². The van der Waals surface area contributed by atoms with Crippen molar-refractivity contribution in [1.29, 1.82) is 0 Å². The molecule has 0 aliphatic rings. The minimum atomic E-state index is -1.36. The molecular weight excluding hydrogens is 238 g/mol. The number of aliphatic imine (C=N–C) groups is 1. The summed E-state index contributed by atoms with van der Waals surface area (Å²) < 4.78 is 9.50. The minimum Gasteiger partial charge on any atom is -0.459 e. The van der Waals surface area contributed by atoms with E-state index in [1.807, 2.05) is 0 Å². The number of ether oxygens (including phenoxy) is 2.